The number of carbonyl (C=O) groups is 4. The molecule has 0 bridgehead atoms. The predicted octanol–water partition coefficient (Wildman–Crippen LogP) is 1.92. The van der Waals surface area contributed by atoms with Crippen LogP contribution in [0.25, 0.3) is 5.76 Å². The van der Waals surface area contributed by atoms with Crippen molar-refractivity contribution in [3.05, 3.63) is 45.2 Å². The Hall–Kier alpha value is -3.46. The zero-order valence-electron chi connectivity index (χ0n) is 19.4. The molecule has 1 aromatic rings. The van der Waals surface area contributed by atoms with Gasteiger partial charge in [0.25, 0.3) is 5.91 Å². The summed E-state index contributed by atoms with van der Waals surface area (Å²) in [4.78, 5) is 50.2. The van der Waals surface area contributed by atoms with Crippen LogP contribution in [0, 0.1) is 11.8 Å². The fourth-order valence-electron chi connectivity index (χ4n) is 5.57. The summed E-state index contributed by atoms with van der Waals surface area (Å²) < 4.78 is 0. The minimum atomic E-state index is -2.61. The maximum absolute atomic E-state index is 13.6. The molecule has 9 heteroatoms. The van der Waals surface area contributed by atoms with Crippen LogP contribution in [0.15, 0.2) is 23.0 Å². The number of Topliss-reactive ketones (excluding diaryl/α,β-unsaturated/α-hetero) is 3. The lowest BCUT2D eigenvalue weighted by atomic mass is 9.59. The van der Waals surface area contributed by atoms with Crippen molar-refractivity contribution >= 4 is 29.0 Å². The van der Waals surface area contributed by atoms with Crippen molar-refractivity contribution in [3.63, 3.8) is 0 Å². The van der Waals surface area contributed by atoms with Crippen LogP contribution >= 0.6 is 0 Å². The fourth-order valence-corrected chi connectivity index (χ4v) is 5.57. The Morgan fingerprint density at radius 1 is 1.12 bits per heavy atom. The molecule has 1 fully saturated rings. The van der Waals surface area contributed by atoms with Crippen LogP contribution in [0.2, 0.25) is 0 Å². The second-order valence-electron chi connectivity index (χ2n) is 10.4. The average molecular weight is 469 g/mol. The fraction of sp³-hybridized carbons (Fsp3) is 0.440. The van der Waals surface area contributed by atoms with Crippen molar-refractivity contribution in [2.24, 2.45) is 17.6 Å². The van der Waals surface area contributed by atoms with Crippen LogP contribution in [0.1, 0.15) is 67.6 Å². The van der Waals surface area contributed by atoms with Gasteiger partial charge in [-0.1, -0.05) is 20.8 Å². The van der Waals surface area contributed by atoms with E-state index in [1.54, 1.807) is 6.07 Å². The van der Waals surface area contributed by atoms with Gasteiger partial charge in [0, 0.05) is 29.0 Å². The van der Waals surface area contributed by atoms with E-state index in [0.717, 1.165) is 0 Å². The number of primary amides is 1. The summed E-state index contributed by atoms with van der Waals surface area (Å²) in [6.45, 7) is 6.83. The highest BCUT2D eigenvalue weighted by Gasteiger charge is 2.60. The largest absolute Gasteiger partial charge is 0.508 e. The molecule has 4 rings (SSSR count). The maximum Gasteiger partial charge on any atom is 0.255 e. The van der Waals surface area contributed by atoms with E-state index in [9.17, 15) is 39.6 Å². The molecule has 9 nitrogen and oxygen atoms in total. The molecule has 0 aromatic heterocycles. The summed E-state index contributed by atoms with van der Waals surface area (Å²) in [5, 5.41) is 44.2. The Bertz CT molecular complexity index is 1260. The molecule has 1 amide bonds. The van der Waals surface area contributed by atoms with E-state index in [2.05, 4.69) is 0 Å². The highest BCUT2D eigenvalue weighted by atomic mass is 16.3. The Kier molecular flexibility index (Phi) is 5.06. The van der Waals surface area contributed by atoms with Crippen LogP contribution in [0.5, 0.6) is 5.75 Å². The molecule has 0 unspecified atom stereocenters. The molecule has 0 saturated heterocycles. The van der Waals surface area contributed by atoms with E-state index in [1.165, 1.54) is 6.92 Å². The molecule has 0 radical (unpaired) electrons. The summed E-state index contributed by atoms with van der Waals surface area (Å²) in [5.41, 5.74) is 1.91. The molecule has 1 aromatic carbocycles. The number of aliphatic hydroxyl groups excluding tert-OH is 2. The molecule has 0 heterocycles. The van der Waals surface area contributed by atoms with Gasteiger partial charge in [-0.05, 0) is 42.7 Å². The van der Waals surface area contributed by atoms with Crippen LogP contribution in [0.4, 0.5) is 0 Å². The normalized spacial score (nSPS) is 26.7. The second-order valence-corrected chi connectivity index (χ2v) is 10.4. The van der Waals surface area contributed by atoms with Crippen molar-refractivity contribution in [1.29, 1.82) is 0 Å². The van der Waals surface area contributed by atoms with E-state index in [-0.39, 0.29) is 35.5 Å². The number of phenols is 1. The third-order valence-corrected chi connectivity index (χ3v) is 7.25. The molecule has 6 N–H and O–H groups in total. The molecule has 1 saturated carbocycles. The number of rotatable bonds is 2. The monoisotopic (exact) mass is 469 g/mol. The number of hydrogen-bond donors (Lipinski definition) is 5. The van der Waals surface area contributed by atoms with Crippen LogP contribution in [-0.2, 0) is 26.2 Å². The number of hydrogen-bond acceptors (Lipinski definition) is 8. The smallest absolute Gasteiger partial charge is 0.255 e. The average Bonchev–Trinajstić information content (AvgIpc) is 2.69. The number of aliphatic hydroxyl groups is 3. The van der Waals surface area contributed by atoms with Gasteiger partial charge >= 0.3 is 0 Å². The number of fused-ring (bicyclic) bond motifs is 3. The number of phenolic OH excluding ortho intramolecular Hbond substituents is 1. The maximum atomic E-state index is 13.6. The minimum absolute atomic E-state index is 0.0159. The Labute approximate surface area is 195 Å². The van der Waals surface area contributed by atoms with Crippen LogP contribution in [0.3, 0.4) is 0 Å². The predicted molar refractivity (Wildman–Crippen MR) is 120 cm³/mol. The molecule has 180 valence electrons. The molecule has 3 aliphatic rings. The van der Waals surface area contributed by atoms with Crippen molar-refractivity contribution in [2.75, 3.05) is 0 Å². The van der Waals surface area contributed by atoms with Crippen molar-refractivity contribution in [3.8, 4) is 5.75 Å². The lowest BCUT2D eigenvalue weighted by molar-refractivity contribution is -0.147. The highest BCUT2D eigenvalue weighted by Crippen LogP contribution is 2.53. The number of carbonyl (C=O) groups excluding carboxylic acids is 4. The zero-order valence-corrected chi connectivity index (χ0v) is 19.4. The van der Waals surface area contributed by atoms with E-state index in [1.807, 2.05) is 20.8 Å². The minimum Gasteiger partial charge on any atom is -0.508 e. The third-order valence-electron chi connectivity index (χ3n) is 7.25. The summed E-state index contributed by atoms with van der Waals surface area (Å²) >= 11 is 0. The molecule has 0 aliphatic heterocycles. The molecule has 34 heavy (non-hydrogen) atoms. The van der Waals surface area contributed by atoms with Gasteiger partial charge in [-0.3, -0.25) is 19.2 Å². The van der Waals surface area contributed by atoms with Crippen molar-refractivity contribution in [2.45, 2.75) is 58.0 Å². The number of benzene rings is 1. The van der Waals surface area contributed by atoms with Crippen molar-refractivity contribution in [1.82, 2.24) is 0 Å². The Balaban J connectivity index is 2.01. The lowest BCUT2D eigenvalue weighted by Crippen LogP contribution is -2.58. The first-order valence-electron chi connectivity index (χ1n) is 11.0. The SMILES string of the molecule is CC(=O)c1cc(C(C)(C)C)c(O)c2c1C[C@H]1C[C@H]3CC(=O)C(C(N)=O)=C(O)[C@@]3(O)C(=O)C1=C2O. The van der Waals surface area contributed by atoms with Gasteiger partial charge in [-0.15, -0.1) is 0 Å². The van der Waals surface area contributed by atoms with E-state index >= 15 is 0 Å². The van der Waals surface area contributed by atoms with Gasteiger partial charge in [-0.25, -0.2) is 0 Å². The third kappa shape index (κ3) is 3.03. The summed E-state index contributed by atoms with van der Waals surface area (Å²) in [6, 6.07) is 1.59. The van der Waals surface area contributed by atoms with Crippen LogP contribution in [-0.4, -0.2) is 49.3 Å². The quantitative estimate of drug-likeness (QED) is 0.322. The molecule has 3 atom stereocenters. The van der Waals surface area contributed by atoms with E-state index in [4.69, 9.17) is 5.73 Å². The summed E-state index contributed by atoms with van der Waals surface area (Å²) in [6.07, 6.45) is -0.279. The molecule has 3 aliphatic carbocycles. The summed E-state index contributed by atoms with van der Waals surface area (Å²) in [5.74, 6) is -7.13. The van der Waals surface area contributed by atoms with Gasteiger partial charge in [0.05, 0.1) is 5.56 Å². The topological polar surface area (TPSA) is 175 Å². The van der Waals surface area contributed by atoms with Gasteiger partial charge in [0.1, 0.15) is 22.8 Å². The van der Waals surface area contributed by atoms with Gasteiger partial charge in [0.15, 0.2) is 17.2 Å². The van der Waals surface area contributed by atoms with Gasteiger partial charge in [-0.2, -0.15) is 0 Å². The Morgan fingerprint density at radius 3 is 2.26 bits per heavy atom. The highest BCUT2D eigenvalue weighted by molar-refractivity contribution is 6.22. The first kappa shape index (κ1) is 23.7. The second kappa shape index (κ2) is 7.27. The van der Waals surface area contributed by atoms with Crippen LogP contribution < -0.4 is 5.73 Å². The molecular weight excluding hydrogens is 442 g/mol. The first-order valence-corrected chi connectivity index (χ1v) is 11.0. The van der Waals surface area contributed by atoms with Gasteiger partial charge < -0.3 is 26.2 Å². The van der Waals surface area contributed by atoms with Crippen molar-refractivity contribution < 1.29 is 39.6 Å². The number of amides is 1. The van der Waals surface area contributed by atoms with Gasteiger partial charge in [0.2, 0.25) is 5.78 Å². The summed E-state index contributed by atoms with van der Waals surface area (Å²) in [7, 11) is 0. The zero-order chi connectivity index (χ0) is 25.5. The molecule has 0 spiro atoms. The lowest BCUT2D eigenvalue weighted by Gasteiger charge is -2.46. The van der Waals surface area contributed by atoms with E-state index < -0.39 is 63.8 Å². The van der Waals surface area contributed by atoms with E-state index in [0.29, 0.717) is 16.7 Å². The Morgan fingerprint density at radius 2 is 1.74 bits per heavy atom. The molecular formula is C25H27NO8. The standard InChI is InChI=1S/C25H27NO8/c1-9(27)12-8-14(24(2,3)4)19(29)17-13(12)6-10-5-11-7-15(28)18(23(26)33)22(32)25(11,34)21(31)16(10)20(17)30/h8,10-11,29-30,32,34H,5-7H2,1-4H3,(H2,26,33)/t10-,11+,25+/m1/s1. The number of ketones is 3. The number of nitrogens with two attached hydrogens (primary N) is 1. The number of aromatic hydroxyl groups is 1. The first-order chi connectivity index (χ1) is 15.6.